The maximum atomic E-state index is 4.47. The standard InChI is InChI=1S/C21H23N3/c1-15(2)23-20-12-7-13-22-21(20)24-18-10-6-9-17(14-18)19-11-5-4-8-16(19)3/h4-15,23H,1-3H3,(H,22,24). The summed E-state index contributed by atoms with van der Waals surface area (Å²) in [6.45, 7) is 6.38. The normalized spacial score (nSPS) is 10.7. The molecule has 0 unspecified atom stereocenters. The van der Waals surface area contributed by atoms with Crippen LogP contribution >= 0.6 is 0 Å². The summed E-state index contributed by atoms with van der Waals surface area (Å²) >= 11 is 0. The van der Waals surface area contributed by atoms with Crippen LogP contribution in [-0.2, 0) is 0 Å². The summed E-state index contributed by atoms with van der Waals surface area (Å²) in [4.78, 5) is 4.47. The zero-order chi connectivity index (χ0) is 16.9. The molecule has 0 saturated carbocycles. The lowest BCUT2D eigenvalue weighted by atomic mass is 10.0. The lowest BCUT2D eigenvalue weighted by molar-refractivity contribution is 0.898. The molecule has 24 heavy (non-hydrogen) atoms. The molecule has 0 aliphatic heterocycles. The highest BCUT2D eigenvalue weighted by atomic mass is 15.0. The van der Waals surface area contributed by atoms with Gasteiger partial charge in [0.2, 0.25) is 0 Å². The fourth-order valence-electron chi connectivity index (χ4n) is 2.73. The smallest absolute Gasteiger partial charge is 0.153 e. The Bertz CT molecular complexity index is 825. The van der Waals surface area contributed by atoms with Gasteiger partial charge < -0.3 is 10.6 Å². The van der Waals surface area contributed by atoms with Crippen molar-refractivity contribution in [2.24, 2.45) is 0 Å². The van der Waals surface area contributed by atoms with Crippen LogP contribution in [0.5, 0.6) is 0 Å². The summed E-state index contributed by atoms with van der Waals surface area (Å²) in [5.41, 5.74) is 5.76. The number of nitrogens with one attached hydrogen (secondary N) is 2. The van der Waals surface area contributed by atoms with Gasteiger partial charge in [-0.15, -0.1) is 0 Å². The molecule has 2 N–H and O–H groups in total. The van der Waals surface area contributed by atoms with Crippen LogP contribution < -0.4 is 10.6 Å². The predicted molar refractivity (Wildman–Crippen MR) is 103 cm³/mol. The van der Waals surface area contributed by atoms with E-state index in [0.29, 0.717) is 6.04 Å². The van der Waals surface area contributed by atoms with Crippen molar-refractivity contribution in [2.75, 3.05) is 10.6 Å². The minimum Gasteiger partial charge on any atom is -0.380 e. The molecule has 1 heterocycles. The highest BCUT2D eigenvalue weighted by molar-refractivity contribution is 5.75. The topological polar surface area (TPSA) is 37.0 Å². The molecular weight excluding hydrogens is 294 g/mol. The van der Waals surface area contributed by atoms with Crippen LogP contribution in [-0.4, -0.2) is 11.0 Å². The monoisotopic (exact) mass is 317 g/mol. The Hall–Kier alpha value is -2.81. The van der Waals surface area contributed by atoms with E-state index in [1.54, 1.807) is 6.20 Å². The molecule has 0 amide bonds. The molecule has 0 aliphatic rings. The van der Waals surface area contributed by atoms with E-state index in [1.165, 1.54) is 16.7 Å². The van der Waals surface area contributed by atoms with Crippen molar-refractivity contribution in [2.45, 2.75) is 26.8 Å². The van der Waals surface area contributed by atoms with Crippen molar-refractivity contribution < 1.29 is 0 Å². The summed E-state index contributed by atoms with van der Waals surface area (Å²) < 4.78 is 0. The number of nitrogens with zero attached hydrogens (tertiary/aromatic N) is 1. The minimum atomic E-state index is 0.355. The van der Waals surface area contributed by atoms with Crippen molar-refractivity contribution in [1.82, 2.24) is 4.98 Å². The van der Waals surface area contributed by atoms with Crippen molar-refractivity contribution in [3.8, 4) is 11.1 Å². The molecule has 122 valence electrons. The summed E-state index contributed by atoms with van der Waals surface area (Å²) in [7, 11) is 0. The molecule has 0 fully saturated rings. The SMILES string of the molecule is Cc1ccccc1-c1cccc(Nc2ncccc2NC(C)C)c1. The third-order valence-electron chi connectivity index (χ3n) is 3.83. The lowest BCUT2D eigenvalue weighted by Gasteiger charge is -2.15. The molecule has 2 aromatic carbocycles. The number of anilines is 3. The van der Waals surface area contributed by atoms with E-state index in [-0.39, 0.29) is 0 Å². The Morgan fingerprint density at radius 3 is 2.54 bits per heavy atom. The molecule has 0 atom stereocenters. The minimum absolute atomic E-state index is 0.355. The Morgan fingerprint density at radius 2 is 1.75 bits per heavy atom. The zero-order valence-electron chi connectivity index (χ0n) is 14.4. The first kappa shape index (κ1) is 16.1. The number of hydrogen-bond acceptors (Lipinski definition) is 3. The van der Waals surface area contributed by atoms with Crippen LogP contribution in [0.4, 0.5) is 17.2 Å². The Kier molecular flexibility index (Phi) is 4.80. The van der Waals surface area contributed by atoms with Gasteiger partial charge in [0.05, 0.1) is 5.69 Å². The summed E-state index contributed by atoms with van der Waals surface area (Å²) in [6, 6.07) is 21.2. The van der Waals surface area contributed by atoms with E-state index < -0.39 is 0 Å². The zero-order valence-corrected chi connectivity index (χ0v) is 14.4. The van der Waals surface area contributed by atoms with Crippen molar-refractivity contribution in [3.63, 3.8) is 0 Å². The third kappa shape index (κ3) is 3.74. The van der Waals surface area contributed by atoms with E-state index in [2.05, 4.69) is 84.9 Å². The first-order valence-electron chi connectivity index (χ1n) is 8.28. The van der Waals surface area contributed by atoms with Crippen LogP contribution in [0.2, 0.25) is 0 Å². The third-order valence-corrected chi connectivity index (χ3v) is 3.83. The van der Waals surface area contributed by atoms with Gasteiger partial charge in [-0.05, 0) is 61.7 Å². The number of aromatic nitrogens is 1. The molecule has 1 aromatic heterocycles. The molecule has 3 nitrogen and oxygen atoms in total. The molecular formula is C21H23N3. The van der Waals surface area contributed by atoms with Gasteiger partial charge in [-0.2, -0.15) is 0 Å². The number of aryl methyl sites for hydroxylation is 1. The predicted octanol–water partition coefficient (Wildman–Crippen LogP) is 5.62. The summed E-state index contributed by atoms with van der Waals surface area (Å²) in [5.74, 6) is 0.841. The highest BCUT2D eigenvalue weighted by Gasteiger charge is 2.06. The van der Waals surface area contributed by atoms with Gasteiger partial charge >= 0.3 is 0 Å². The van der Waals surface area contributed by atoms with Crippen LogP contribution in [0.1, 0.15) is 19.4 Å². The largest absolute Gasteiger partial charge is 0.380 e. The van der Waals surface area contributed by atoms with Crippen molar-refractivity contribution in [3.05, 3.63) is 72.4 Å². The Balaban J connectivity index is 1.90. The van der Waals surface area contributed by atoms with E-state index in [1.807, 2.05) is 12.1 Å². The quantitative estimate of drug-likeness (QED) is 0.641. The summed E-state index contributed by atoms with van der Waals surface area (Å²) in [6.07, 6.45) is 1.80. The molecule has 0 saturated heterocycles. The number of benzene rings is 2. The molecule has 0 bridgehead atoms. The number of rotatable bonds is 5. The Labute approximate surface area is 143 Å². The molecule has 0 spiro atoms. The number of pyridine rings is 1. The summed E-state index contributed by atoms with van der Waals surface area (Å²) in [5, 5.41) is 6.86. The van der Waals surface area contributed by atoms with Crippen molar-refractivity contribution >= 4 is 17.2 Å². The molecule has 0 radical (unpaired) electrons. The van der Waals surface area contributed by atoms with Gasteiger partial charge in [0.25, 0.3) is 0 Å². The molecule has 0 aliphatic carbocycles. The molecule has 3 aromatic rings. The average molecular weight is 317 g/mol. The van der Waals surface area contributed by atoms with Crippen LogP contribution in [0.15, 0.2) is 66.9 Å². The molecule has 3 rings (SSSR count). The van der Waals surface area contributed by atoms with Gasteiger partial charge in [0.15, 0.2) is 5.82 Å². The number of hydrogen-bond donors (Lipinski definition) is 2. The van der Waals surface area contributed by atoms with Crippen molar-refractivity contribution in [1.29, 1.82) is 0 Å². The van der Waals surface area contributed by atoms with Gasteiger partial charge in [0.1, 0.15) is 0 Å². The maximum absolute atomic E-state index is 4.47. The van der Waals surface area contributed by atoms with E-state index in [9.17, 15) is 0 Å². The fourth-order valence-corrected chi connectivity index (χ4v) is 2.73. The fraction of sp³-hybridized carbons (Fsp3) is 0.190. The van der Waals surface area contributed by atoms with Crippen LogP contribution in [0, 0.1) is 6.92 Å². The lowest BCUT2D eigenvalue weighted by Crippen LogP contribution is -2.11. The van der Waals surface area contributed by atoms with Gasteiger partial charge in [-0.1, -0.05) is 36.4 Å². The van der Waals surface area contributed by atoms with E-state index in [0.717, 1.165) is 17.2 Å². The van der Waals surface area contributed by atoms with Crippen LogP contribution in [0.3, 0.4) is 0 Å². The highest BCUT2D eigenvalue weighted by Crippen LogP contribution is 2.28. The maximum Gasteiger partial charge on any atom is 0.153 e. The van der Waals surface area contributed by atoms with Gasteiger partial charge in [-0.3, -0.25) is 0 Å². The van der Waals surface area contributed by atoms with E-state index in [4.69, 9.17) is 0 Å². The first-order chi connectivity index (χ1) is 11.6. The first-order valence-corrected chi connectivity index (χ1v) is 8.28. The van der Waals surface area contributed by atoms with Gasteiger partial charge in [0, 0.05) is 17.9 Å². The average Bonchev–Trinajstić information content (AvgIpc) is 2.57. The Morgan fingerprint density at radius 1 is 0.917 bits per heavy atom. The van der Waals surface area contributed by atoms with Gasteiger partial charge in [-0.25, -0.2) is 4.98 Å². The second-order valence-corrected chi connectivity index (χ2v) is 6.22. The second kappa shape index (κ2) is 7.18. The molecule has 3 heteroatoms. The van der Waals surface area contributed by atoms with Crippen LogP contribution in [0.25, 0.3) is 11.1 Å². The second-order valence-electron chi connectivity index (χ2n) is 6.22. The van der Waals surface area contributed by atoms with E-state index >= 15 is 0 Å².